The first-order chi connectivity index (χ1) is 13.6. The molecule has 1 aliphatic rings. The molecule has 0 aliphatic carbocycles. The van der Waals surface area contributed by atoms with Crippen molar-refractivity contribution in [2.45, 2.75) is 51.5 Å². The second-order valence-electron chi connectivity index (χ2n) is 7.58. The van der Waals surface area contributed by atoms with E-state index in [-0.39, 0.29) is 16.9 Å². The predicted octanol–water partition coefficient (Wildman–Crippen LogP) is 2.81. The summed E-state index contributed by atoms with van der Waals surface area (Å²) in [7, 11) is 0. The van der Waals surface area contributed by atoms with Crippen LogP contribution in [0.5, 0.6) is 5.75 Å². The molecule has 0 spiro atoms. The monoisotopic (exact) mass is 385 g/mol. The Bertz CT molecular complexity index is 803. The first-order valence-electron chi connectivity index (χ1n) is 10.4. The molecule has 28 heavy (non-hydrogen) atoms. The number of nitrogens with one attached hydrogen (secondary N) is 3. The molecule has 1 heterocycles. The van der Waals surface area contributed by atoms with Crippen molar-refractivity contribution >= 4 is 11.4 Å². The van der Waals surface area contributed by atoms with Crippen LogP contribution in [0.3, 0.4) is 0 Å². The van der Waals surface area contributed by atoms with Gasteiger partial charge in [-0.1, -0.05) is 30.5 Å². The molecule has 6 heteroatoms. The van der Waals surface area contributed by atoms with Gasteiger partial charge in [-0.25, -0.2) is 0 Å². The number of benzene rings is 1. The number of hydrogen-bond acceptors (Lipinski definition) is 6. The van der Waals surface area contributed by atoms with E-state index in [1.165, 1.54) is 5.56 Å². The number of ether oxygens (including phenoxy) is 1. The molecule has 3 rings (SSSR count). The van der Waals surface area contributed by atoms with E-state index in [0.29, 0.717) is 17.9 Å². The highest BCUT2D eigenvalue weighted by Gasteiger charge is 2.23. The lowest BCUT2D eigenvalue weighted by molar-refractivity contribution is 0.305. The lowest BCUT2D eigenvalue weighted by Gasteiger charge is -2.26. The smallest absolute Gasteiger partial charge is 0.253 e. The Kier molecular flexibility index (Phi) is 7.48. The van der Waals surface area contributed by atoms with Gasteiger partial charge in [0.25, 0.3) is 10.9 Å². The Morgan fingerprint density at radius 1 is 0.964 bits per heavy atom. The van der Waals surface area contributed by atoms with Crippen LogP contribution in [0.15, 0.2) is 33.9 Å². The predicted molar refractivity (Wildman–Crippen MR) is 115 cm³/mol. The zero-order chi connectivity index (χ0) is 19.8. The molecule has 1 saturated heterocycles. The molecular weight excluding hydrogens is 354 g/mol. The van der Waals surface area contributed by atoms with Gasteiger partial charge in [0.2, 0.25) is 0 Å². The maximum Gasteiger partial charge on any atom is 0.253 e. The number of aryl methyl sites for hydroxylation is 1. The molecule has 0 radical (unpaired) electrons. The molecule has 3 N–H and O–H groups in total. The first-order valence-corrected chi connectivity index (χ1v) is 10.4. The highest BCUT2D eigenvalue weighted by Crippen LogP contribution is 2.18. The second kappa shape index (κ2) is 10.3. The van der Waals surface area contributed by atoms with Crippen LogP contribution in [-0.2, 0) is 0 Å². The van der Waals surface area contributed by atoms with Crippen LogP contribution in [0, 0.1) is 6.92 Å². The van der Waals surface area contributed by atoms with Gasteiger partial charge in [0.1, 0.15) is 17.1 Å². The normalized spacial score (nSPS) is 14.9. The van der Waals surface area contributed by atoms with E-state index in [4.69, 9.17) is 4.74 Å². The van der Waals surface area contributed by atoms with Crippen molar-refractivity contribution in [3.8, 4) is 5.75 Å². The molecular formula is C22H31N3O3. The lowest BCUT2D eigenvalue weighted by Crippen LogP contribution is -2.42. The molecule has 1 aliphatic heterocycles. The van der Waals surface area contributed by atoms with Gasteiger partial charge in [-0.15, -0.1) is 0 Å². The maximum atomic E-state index is 11.8. The number of rotatable bonds is 11. The third-order valence-electron chi connectivity index (χ3n) is 5.26. The molecule has 2 aromatic rings. The minimum Gasteiger partial charge on any atom is -0.494 e. The van der Waals surface area contributed by atoms with Crippen LogP contribution in [0.25, 0.3) is 0 Å². The van der Waals surface area contributed by atoms with E-state index in [9.17, 15) is 9.59 Å². The Balaban J connectivity index is 1.29. The summed E-state index contributed by atoms with van der Waals surface area (Å²) in [4.78, 5) is 23.7. The summed E-state index contributed by atoms with van der Waals surface area (Å²) in [5, 5.41) is 9.72. The molecule has 0 amide bonds. The van der Waals surface area contributed by atoms with Crippen LogP contribution >= 0.6 is 0 Å². The fraction of sp³-hybridized carbons (Fsp3) is 0.545. The zero-order valence-corrected chi connectivity index (χ0v) is 16.7. The van der Waals surface area contributed by atoms with Crippen LogP contribution in [0.4, 0.5) is 11.4 Å². The highest BCUT2D eigenvalue weighted by molar-refractivity contribution is 5.74. The van der Waals surface area contributed by atoms with Gasteiger partial charge in [-0.2, -0.15) is 0 Å². The molecule has 0 saturated carbocycles. The van der Waals surface area contributed by atoms with E-state index in [1.54, 1.807) is 0 Å². The van der Waals surface area contributed by atoms with Crippen LogP contribution in [0.2, 0.25) is 0 Å². The van der Waals surface area contributed by atoms with E-state index in [2.05, 4.69) is 35.0 Å². The first kappa shape index (κ1) is 20.4. The number of hydrogen-bond donors (Lipinski definition) is 3. The SMILES string of the molecule is Cc1ccc(OCCCCCCNc2c(NC3CCNCC3)c(=O)c2=O)cc1. The summed E-state index contributed by atoms with van der Waals surface area (Å²) in [5.74, 6) is 0.918. The van der Waals surface area contributed by atoms with E-state index < -0.39 is 0 Å². The van der Waals surface area contributed by atoms with E-state index in [1.807, 2.05) is 12.1 Å². The molecule has 0 aromatic heterocycles. The van der Waals surface area contributed by atoms with Gasteiger partial charge in [0.15, 0.2) is 0 Å². The fourth-order valence-electron chi connectivity index (χ4n) is 3.49. The standard InChI is InChI=1S/C22H31N3O3/c1-16-6-8-18(9-7-16)28-15-5-3-2-4-12-24-19-20(22(27)21(19)26)25-17-10-13-23-14-11-17/h6-9,17,23-25H,2-5,10-15H2,1H3. The van der Waals surface area contributed by atoms with Crippen LogP contribution in [0.1, 0.15) is 44.1 Å². The fourth-order valence-corrected chi connectivity index (χ4v) is 3.49. The average Bonchev–Trinajstić information content (AvgIpc) is 2.73. The summed E-state index contributed by atoms with van der Waals surface area (Å²) >= 11 is 0. The largest absolute Gasteiger partial charge is 0.494 e. The van der Waals surface area contributed by atoms with Gasteiger partial charge in [0, 0.05) is 12.6 Å². The lowest BCUT2D eigenvalue weighted by atomic mass is 10.0. The van der Waals surface area contributed by atoms with Gasteiger partial charge < -0.3 is 20.7 Å². The Labute approximate surface area is 166 Å². The quantitative estimate of drug-likeness (QED) is 0.408. The van der Waals surface area contributed by atoms with Gasteiger partial charge in [-0.05, 0) is 57.8 Å². The Morgan fingerprint density at radius 3 is 2.39 bits per heavy atom. The second-order valence-corrected chi connectivity index (χ2v) is 7.58. The molecule has 2 aromatic carbocycles. The number of anilines is 2. The van der Waals surface area contributed by atoms with Gasteiger partial charge >= 0.3 is 0 Å². The minimum absolute atomic E-state index is 0.277. The van der Waals surface area contributed by atoms with E-state index >= 15 is 0 Å². The van der Waals surface area contributed by atoms with Crippen LogP contribution in [-0.4, -0.2) is 32.3 Å². The minimum atomic E-state index is -0.386. The third-order valence-corrected chi connectivity index (χ3v) is 5.26. The molecule has 6 nitrogen and oxygen atoms in total. The topological polar surface area (TPSA) is 79.5 Å². The molecule has 0 unspecified atom stereocenters. The summed E-state index contributed by atoms with van der Waals surface area (Å²) < 4.78 is 5.73. The van der Waals surface area contributed by atoms with Gasteiger partial charge in [-0.3, -0.25) is 9.59 Å². The van der Waals surface area contributed by atoms with Crippen LogP contribution < -0.4 is 31.5 Å². The zero-order valence-electron chi connectivity index (χ0n) is 16.7. The van der Waals surface area contributed by atoms with Crippen molar-refractivity contribution in [2.75, 3.05) is 36.9 Å². The Hall–Kier alpha value is -2.34. The highest BCUT2D eigenvalue weighted by atomic mass is 16.5. The average molecular weight is 386 g/mol. The maximum absolute atomic E-state index is 11.8. The molecule has 0 atom stereocenters. The van der Waals surface area contributed by atoms with Gasteiger partial charge in [0.05, 0.1) is 6.61 Å². The summed E-state index contributed by atoms with van der Waals surface area (Å²) in [6, 6.07) is 8.38. The molecule has 0 bridgehead atoms. The molecule has 1 fully saturated rings. The molecule has 152 valence electrons. The number of unbranched alkanes of at least 4 members (excludes halogenated alkanes) is 3. The summed E-state index contributed by atoms with van der Waals surface area (Å²) in [6.45, 7) is 5.39. The summed E-state index contributed by atoms with van der Waals surface area (Å²) in [6.07, 6.45) is 6.08. The van der Waals surface area contributed by atoms with E-state index in [0.717, 1.165) is 64.0 Å². The Morgan fingerprint density at radius 2 is 1.64 bits per heavy atom. The van der Waals surface area contributed by atoms with Crippen molar-refractivity contribution in [1.82, 2.24) is 5.32 Å². The third kappa shape index (κ3) is 5.58. The van der Waals surface area contributed by atoms with Crippen molar-refractivity contribution in [3.05, 3.63) is 50.3 Å². The van der Waals surface area contributed by atoms with Crippen molar-refractivity contribution < 1.29 is 4.74 Å². The van der Waals surface area contributed by atoms with Crippen molar-refractivity contribution in [3.63, 3.8) is 0 Å². The number of piperidine rings is 1. The summed E-state index contributed by atoms with van der Waals surface area (Å²) in [5.41, 5.74) is 1.43. The van der Waals surface area contributed by atoms with Crippen molar-refractivity contribution in [2.24, 2.45) is 0 Å². The van der Waals surface area contributed by atoms with Crippen molar-refractivity contribution in [1.29, 1.82) is 0 Å².